The summed E-state index contributed by atoms with van der Waals surface area (Å²) < 4.78 is 7.52. The summed E-state index contributed by atoms with van der Waals surface area (Å²) in [6.45, 7) is 1.23. The second-order valence-electron chi connectivity index (χ2n) is 6.28. The number of amides is 1. The number of aryl methyl sites for hydroxylation is 1. The predicted molar refractivity (Wildman–Crippen MR) is 104 cm³/mol. The Balaban J connectivity index is 1.74. The number of nitrogens with zero attached hydrogens (tertiary/aromatic N) is 5. The van der Waals surface area contributed by atoms with Gasteiger partial charge in [0.25, 0.3) is 0 Å². The average molecular weight is 385 g/mol. The van der Waals surface area contributed by atoms with Crippen LogP contribution in [-0.4, -0.2) is 40.1 Å². The molecule has 142 valence electrons. The number of carbonyl (C=O) groups excluding carboxylic acids is 1. The molecule has 2 heterocycles. The first-order valence-electron chi connectivity index (χ1n) is 9.10. The summed E-state index contributed by atoms with van der Waals surface area (Å²) in [6.07, 6.45) is 4.65. The van der Waals surface area contributed by atoms with Crippen molar-refractivity contribution in [2.75, 3.05) is 24.3 Å². The first-order chi connectivity index (χ1) is 13.2. The minimum atomic E-state index is -0.0780. The van der Waals surface area contributed by atoms with Crippen LogP contribution in [0.25, 0.3) is 0 Å². The van der Waals surface area contributed by atoms with Crippen LogP contribution in [-0.2, 0) is 17.8 Å². The molecular weight excluding hydrogens is 362 g/mol. The van der Waals surface area contributed by atoms with Crippen LogP contribution in [0.15, 0.2) is 29.4 Å². The monoisotopic (exact) mass is 385 g/mol. The normalized spacial score (nSPS) is 13.3. The molecule has 0 N–H and O–H groups in total. The maximum absolute atomic E-state index is 12.9. The van der Waals surface area contributed by atoms with E-state index in [4.69, 9.17) is 10.00 Å². The van der Waals surface area contributed by atoms with Gasteiger partial charge in [-0.1, -0.05) is 30.3 Å². The third-order valence-electron chi connectivity index (χ3n) is 4.52. The Kier molecular flexibility index (Phi) is 6.71. The summed E-state index contributed by atoms with van der Waals surface area (Å²) in [6, 6.07) is 9.47. The molecule has 1 amide bonds. The number of rotatable bonds is 7. The lowest BCUT2D eigenvalue weighted by molar-refractivity contribution is -0.116. The van der Waals surface area contributed by atoms with E-state index in [1.165, 1.54) is 18.2 Å². The van der Waals surface area contributed by atoms with Gasteiger partial charge < -0.3 is 14.2 Å². The van der Waals surface area contributed by atoms with E-state index < -0.39 is 0 Å². The average Bonchev–Trinajstić information content (AvgIpc) is 2.93. The van der Waals surface area contributed by atoms with Crippen molar-refractivity contribution >= 4 is 23.4 Å². The van der Waals surface area contributed by atoms with Gasteiger partial charge in [-0.05, 0) is 25.0 Å². The number of nitriles is 1. The van der Waals surface area contributed by atoms with Crippen LogP contribution in [0.2, 0.25) is 0 Å². The van der Waals surface area contributed by atoms with Gasteiger partial charge >= 0.3 is 0 Å². The van der Waals surface area contributed by atoms with E-state index in [0.29, 0.717) is 18.0 Å². The highest BCUT2D eigenvalue weighted by Crippen LogP contribution is 2.29. The van der Waals surface area contributed by atoms with Crippen LogP contribution < -0.4 is 9.64 Å². The summed E-state index contributed by atoms with van der Waals surface area (Å²) in [4.78, 5) is 14.6. The number of hydrogen-bond donors (Lipinski definition) is 0. The standard InChI is InChI=1S/C19H23N5O2S/c1-26-16-9-5-4-8-15(16)23(13-7-11-20)18(25)14-27-19-22-21-17-10-3-2-6-12-24(17)19/h4-5,8-9H,2-3,6-7,10,12-14H2,1H3. The van der Waals surface area contributed by atoms with E-state index >= 15 is 0 Å². The lowest BCUT2D eigenvalue weighted by Crippen LogP contribution is -2.33. The molecule has 3 rings (SSSR count). The van der Waals surface area contributed by atoms with Crippen LogP contribution in [0.1, 0.15) is 31.5 Å². The van der Waals surface area contributed by atoms with Crippen LogP contribution in [0.3, 0.4) is 0 Å². The molecule has 0 fully saturated rings. The van der Waals surface area contributed by atoms with Gasteiger partial charge in [-0.25, -0.2) is 0 Å². The number of para-hydroxylation sites is 2. The number of ether oxygens (including phenoxy) is 1. The molecule has 0 saturated heterocycles. The predicted octanol–water partition coefficient (Wildman–Crippen LogP) is 3.05. The Morgan fingerprint density at radius 1 is 1.33 bits per heavy atom. The molecule has 0 saturated carbocycles. The Morgan fingerprint density at radius 3 is 3.00 bits per heavy atom. The lowest BCUT2D eigenvalue weighted by Gasteiger charge is -2.23. The van der Waals surface area contributed by atoms with Gasteiger partial charge in [0, 0.05) is 19.5 Å². The lowest BCUT2D eigenvalue weighted by atomic mass is 10.2. The second kappa shape index (κ2) is 9.42. The van der Waals surface area contributed by atoms with E-state index in [-0.39, 0.29) is 18.1 Å². The number of methoxy groups -OCH3 is 1. The second-order valence-corrected chi connectivity index (χ2v) is 7.22. The number of benzene rings is 1. The molecule has 1 aliphatic heterocycles. The minimum absolute atomic E-state index is 0.0780. The van der Waals surface area contributed by atoms with Gasteiger partial charge in [-0.15, -0.1) is 10.2 Å². The highest BCUT2D eigenvalue weighted by molar-refractivity contribution is 7.99. The van der Waals surface area contributed by atoms with Crippen molar-refractivity contribution in [3.8, 4) is 11.8 Å². The van der Waals surface area contributed by atoms with Gasteiger partial charge in [0.1, 0.15) is 11.6 Å². The number of aromatic nitrogens is 3. The maximum atomic E-state index is 12.9. The van der Waals surface area contributed by atoms with Crippen LogP contribution >= 0.6 is 11.8 Å². The molecule has 27 heavy (non-hydrogen) atoms. The van der Waals surface area contributed by atoms with E-state index in [2.05, 4.69) is 20.8 Å². The van der Waals surface area contributed by atoms with E-state index in [1.807, 2.05) is 24.3 Å². The summed E-state index contributed by atoms with van der Waals surface area (Å²) in [5.41, 5.74) is 0.681. The molecule has 0 aliphatic carbocycles. The van der Waals surface area contributed by atoms with Crippen molar-refractivity contribution in [3.63, 3.8) is 0 Å². The SMILES string of the molecule is COc1ccccc1N(CCC#N)C(=O)CSc1nnc2n1CCCCC2. The molecule has 0 atom stereocenters. The summed E-state index contributed by atoms with van der Waals surface area (Å²) in [5, 5.41) is 18.3. The van der Waals surface area contributed by atoms with E-state index in [9.17, 15) is 4.79 Å². The highest BCUT2D eigenvalue weighted by Gasteiger charge is 2.21. The van der Waals surface area contributed by atoms with E-state index in [0.717, 1.165) is 36.8 Å². The Labute approximate surface area is 163 Å². The molecule has 2 aromatic rings. The van der Waals surface area contributed by atoms with Crippen molar-refractivity contribution in [1.82, 2.24) is 14.8 Å². The quantitative estimate of drug-likeness (QED) is 0.681. The first-order valence-corrected chi connectivity index (χ1v) is 10.1. The number of carbonyl (C=O) groups is 1. The molecule has 8 heteroatoms. The minimum Gasteiger partial charge on any atom is -0.495 e. The fourth-order valence-electron chi connectivity index (χ4n) is 3.16. The molecule has 1 aliphatic rings. The van der Waals surface area contributed by atoms with Gasteiger partial charge in [-0.2, -0.15) is 5.26 Å². The fraction of sp³-hybridized carbons (Fsp3) is 0.474. The molecule has 7 nitrogen and oxygen atoms in total. The Morgan fingerprint density at radius 2 is 2.19 bits per heavy atom. The van der Waals surface area contributed by atoms with Gasteiger partial charge in [0.15, 0.2) is 5.16 Å². The topological polar surface area (TPSA) is 84.0 Å². The van der Waals surface area contributed by atoms with E-state index in [1.54, 1.807) is 12.0 Å². The molecule has 1 aromatic carbocycles. The van der Waals surface area contributed by atoms with Crippen molar-refractivity contribution in [2.45, 2.75) is 43.8 Å². The molecule has 0 bridgehead atoms. The summed E-state index contributed by atoms with van der Waals surface area (Å²) in [5.74, 6) is 1.78. The molecule has 0 radical (unpaired) electrons. The Bertz CT molecular complexity index is 830. The summed E-state index contributed by atoms with van der Waals surface area (Å²) >= 11 is 1.40. The third-order valence-corrected chi connectivity index (χ3v) is 5.48. The van der Waals surface area contributed by atoms with Crippen molar-refractivity contribution in [2.24, 2.45) is 0 Å². The number of anilines is 1. The zero-order valence-corrected chi connectivity index (χ0v) is 16.2. The fourth-order valence-corrected chi connectivity index (χ4v) is 4.02. The van der Waals surface area contributed by atoms with Crippen molar-refractivity contribution in [1.29, 1.82) is 5.26 Å². The smallest absolute Gasteiger partial charge is 0.237 e. The van der Waals surface area contributed by atoms with Gasteiger partial charge in [0.2, 0.25) is 5.91 Å². The number of hydrogen-bond acceptors (Lipinski definition) is 6. The zero-order chi connectivity index (χ0) is 19.1. The molecule has 0 spiro atoms. The van der Waals surface area contributed by atoms with Crippen LogP contribution in [0, 0.1) is 11.3 Å². The zero-order valence-electron chi connectivity index (χ0n) is 15.4. The molecule has 0 unspecified atom stereocenters. The highest BCUT2D eigenvalue weighted by atomic mass is 32.2. The maximum Gasteiger partial charge on any atom is 0.237 e. The summed E-state index contributed by atoms with van der Waals surface area (Å²) in [7, 11) is 1.58. The van der Waals surface area contributed by atoms with Crippen molar-refractivity contribution < 1.29 is 9.53 Å². The largest absolute Gasteiger partial charge is 0.495 e. The first kappa shape index (κ1) is 19.2. The number of fused-ring (bicyclic) bond motifs is 1. The van der Waals surface area contributed by atoms with Crippen LogP contribution in [0.5, 0.6) is 5.75 Å². The van der Waals surface area contributed by atoms with Gasteiger partial charge in [-0.3, -0.25) is 4.79 Å². The molecule has 1 aromatic heterocycles. The Hall–Kier alpha value is -2.53. The molecular formula is C19H23N5O2S. The van der Waals surface area contributed by atoms with Crippen LogP contribution in [0.4, 0.5) is 5.69 Å². The van der Waals surface area contributed by atoms with Crippen molar-refractivity contribution in [3.05, 3.63) is 30.1 Å². The van der Waals surface area contributed by atoms with Gasteiger partial charge in [0.05, 0.1) is 31.0 Å². The number of thioether (sulfide) groups is 1. The third kappa shape index (κ3) is 4.61.